The predicted octanol–water partition coefficient (Wildman–Crippen LogP) is 2.45. The van der Waals surface area contributed by atoms with Gasteiger partial charge in [-0.1, -0.05) is 6.07 Å². The average molecular weight is 277 g/mol. The first-order valence-electron chi connectivity index (χ1n) is 7.02. The molecule has 1 aromatic heterocycles. The van der Waals surface area contributed by atoms with Gasteiger partial charge in [0.15, 0.2) is 0 Å². The SMILES string of the molecule is Cc1cccc(N2CCN(C(=O)OC(C)(C)C)CC2)n1. The van der Waals surface area contributed by atoms with E-state index in [1.807, 2.05) is 45.9 Å². The van der Waals surface area contributed by atoms with Crippen molar-refractivity contribution in [3.05, 3.63) is 23.9 Å². The van der Waals surface area contributed by atoms with E-state index in [1.165, 1.54) is 0 Å². The van der Waals surface area contributed by atoms with E-state index in [0.29, 0.717) is 13.1 Å². The Kier molecular flexibility index (Phi) is 4.16. The summed E-state index contributed by atoms with van der Waals surface area (Å²) < 4.78 is 5.39. The Bertz CT molecular complexity index is 474. The molecule has 0 aliphatic carbocycles. The number of hydrogen-bond donors (Lipinski definition) is 0. The number of nitrogens with zero attached hydrogens (tertiary/aromatic N) is 3. The Labute approximate surface area is 120 Å². The van der Waals surface area contributed by atoms with Crippen molar-refractivity contribution in [2.24, 2.45) is 0 Å². The Morgan fingerprint density at radius 2 is 1.85 bits per heavy atom. The highest BCUT2D eigenvalue weighted by Gasteiger charge is 2.26. The summed E-state index contributed by atoms with van der Waals surface area (Å²) >= 11 is 0. The van der Waals surface area contributed by atoms with Gasteiger partial charge in [-0.3, -0.25) is 0 Å². The summed E-state index contributed by atoms with van der Waals surface area (Å²) in [6.07, 6.45) is -0.227. The zero-order valence-electron chi connectivity index (χ0n) is 12.7. The normalized spacial score (nSPS) is 16.2. The summed E-state index contributed by atoms with van der Waals surface area (Å²) in [5.74, 6) is 0.980. The zero-order valence-corrected chi connectivity index (χ0v) is 12.7. The molecule has 5 nitrogen and oxygen atoms in total. The van der Waals surface area contributed by atoms with E-state index in [4.69, 9.17) is 4.74 Å². The van der Waals surface area contributed by atoms with Gasteiger partial charge in [0, 0.05) is 31.9 Å². The quantitative estimate of drug-likeness (QED) is 0.791. The fourth-order valence-electron chi connectivity index (χ4n) is 2.15. The number of carbonyl (C=O) groups is 1. The van der Waals surface area contributed by atoms with Crippen LogP contribution in [0.1, 0.15) is 26.5 Å². The third kappa shape index (κ3) is 3.85. The first-order chi connectivity index (χ1) is 9.35. The summed E-state index contributed by atoms with van der Waals surface area (Å²) in [4.78, 5) is 20.5. The van der Waals surface area contributed by atoms with E-state index in [-0.39, 0.29) is 6.09 Å². The van der Waals surface area contributed by atoms with Crippen LogP contribution in [0.3, 0.4) is 0 Å². The minimum Gasteiger partial charge on any atom is -0.444 e. The van der Waals surface area contributed by atoms with E-state index in [2.05, 4.69) is 9.88 Å². The van der Waals surface area contributed by atoms with E-state index in [1.54, 1.807) is 4.90 Å². The smallest absolute Gasteiger partial charge is 0.410 e. The Morgan fingerprint density at radius 3 is 2.40 bits per heavy atom. The molecule has 0 radical (unpaired) electrons. The summed E-state index contributed by atoms with van der Waals surface area (Å²) in [5, 5.41) is 0. The van der Waals surface area contributed by atoms with Crippen LogP contribution in [0.2, 0.25) is 0 Å². The molecule has 0 spiro atoms. The Balaban J connectivity index is 1.91. The molecule has 1 amide bonds. The van der Waals surface area contributed by atoms with Gasteiger partial charge in [-0.15, -0.1) is 0 Å². The monoisotopic (exact) mass is 277 g/mol. The predicted molar refractivity (Wildman–Crippen MR) is 79.0 cm³/mol. The lowest BCUT2D eigenvalue weighted by molar-refractivity contribution is 0.0240. The van der Waals surface area contributed by atoms with Gasteiger partial charge in [-0.2, -0.15) is 0 Å². The van der Waals surface area contributed by atoms with Crippen molar-refractivity contribution >= 4 is 11.9 Å². The van der Waals surface area contributed by atoms with Crippen molar-refractivity contribution in [2.75, 3.05) is 31.1 Å². The van der Waals surface area contributed by atoms with E-state index in [0.717, 1.165) is 24.6 Å². The summed E-state index contributed by atoms with van der Waals surface area (Å²) in [5.41, 5.74) is 0.573. The molecule has 1 saturated heterocycles. The van der Waals surface area contributed by atoms with Gasteiger partial charge < -0.3 is 14.5 Å². The van der Waals surface area contributed by atoms with Crippen LogP contribution in [0.5, 0.6) is 0 Å². The summed E-state index contributed by atoms with van der Waals surface area (Å²) in [6, 6.07) is 6.01. The van der Waals surface area contributed by atoms with Crippen molar-refractivity contribution < 1.29 is 9.53 Å². The maximum Gasteiger partial charge on any atom is 0.410 e. The van der Waals surface area contributed by atoms with Crippen LogP contribution >= 0.6 is 0 Å². The molecule has 0 atom stereocenters. The number of pyridine rings is 1. The minimum absolute atomic E-state index is 0.227. The second-order valence-corrected chi connectivity index (χ2v) is 6.09. The van der Waals surface area contributed by atoms with Crippen LogP contribution in [-0.4, -0.2) is 47.8 Å². The molecule has 0 N–H and O–H groups in total. The maximum atomic E-state index is 12.0. The van der Waals surface area contributed by atoms with Gasteiger partial charge in [0.1, 0.15) is 11.4 Å². The van der Waals surface area contributed by atoms with Crippen LogP contribution in [0.25, 0.3) is 0 Å². The largest absolute Gasteiger partial charge is 0.444 e. The lowest BCUT2D eigenvalue weighted by atomic mass is 10.2. The molecule has 110 valence electrons. The van der Waals surface area contributed by atoms with Crippen LogP contribution in [0, 0.1) is 6.92 Å². The Morgan fingerprint density at radius 1 is 1.20 bits per heavy atom. The van der Waals surface area contributed by atoms with E-state index >= 15 is 0 Å². The molecule has 5 heteroatoms. The maximum absolute atomic E-state index is 12.0. The second kappa shape index (κ2) is 5.69. The van der Waals surface area contributed by atoms with Gasteiger partial charge in [0.25, 0.3) is 0 Å². The molecule has 20 heavy (non-hydrogen) atoms. The van der Waals surface area contributed by atoms with E-state index in [9.17, 15) is 4.79 Å². The number of hydrogen-bond acceptors (Lipinski definition) is 4. The zero-order chi connectivity index (χ0) is 14.8. The third-order valence-electron chi connectivity index (χ3n) is 3.13. The second-order valence-electron chi connectivity index (χ2n) is 6.09. The number of aromatic nitrogens is 1. The highest BCUT2D eigenvalue weighted by molar-refractivity contribution is 5.68. The molecule has 0 unspecified atom stereocenters. The lowest BCUT2D eigenvalue weighted by Crippen LogP contribution is -2.50. The summed E-state index contributed by atoms with van der Waals surface area (Å²) in [7, 11) is 0. The molecular formula is C15H23N3O2. The standard InChI is InChI=1S/C15H23N3O2/c1-12-6-5-7-13(16-12)17-8-10-18(11-9-17)14(19)20-15(2,3)4/h5-7H,8-11H2,1-4H3. The van der Waals surface area contributed by atoms with Gasteiger partial charge >= 0.3 is 6.09 Å². The number of amides is 1. The van der Waals surface area contributed by atoms with Gasteiger partial charge in [0.05, 0.1) is 0 Å². The van der Waals surface area contributed by atoms with Crippen molar-refractivity contribution in [3.8, 4) is 0 Å². The van der Waals surface area contributed by atoms with Crippen LogP contribution in [-0.2, 0) is 4.74 Å². The van der Waals surface area contributed by atoms with Gasteiger partial charge in [-0.25, -0.2) is 9.78 Å². The summed E-state index contributed by atoms with van der Waals surface area (Å²) in [6.45, 7) is 10.6. The molecule has 2 heterocycles. The van der Waals surface area contributed by atoms with Crippen LogP contribution < -0.4 is 4.90 Å². The topological polar surface area (TPSA) is 45.7 Å². The van der Waals surface area contributed by atoms with Crippen molar-refractivity contribution in [2.45, 2.75) is 33.3 Å². The molecule has 1 fully saturated rings. The molecule has 1 aliphatic heterocycles. The van der Waals surface area contributed by atoms with Crippen molar-refractivity contribution in [1.29, 1.82) is 0 Å². The Hall–Kier alpha value is -1.78. The number of rotatable bonds is 1. The molecule has 0 aromatic carbocycles. The lowest BCUT2D eigenvalue weighted by Gasteiger charge is -2.36. The number of ether oxygens (including phenoxy) is 1. The van der Waals surface area contributed by atoms with Crippen molar-refractivity contribution in [3.63, 3.8) is 0 Å². The average Bonchev–Trinajstić information content (AvgIpc) is 2.37. The number of anilines is 1. The molecule has 0 bridgehead atoms. The molecule has 2 rings (SSSR count). The molecular weight excluding hydrogens is 254 g/mol. The molecule has 0 saturated carbocycles. The minimum atomic E-state index is -0.438. The number of carbonyl (C=O) groups excluding carboxylic acids is 1. The van der Waals surface area contributed by atoms with Crippen molar-refractivity contribution in [1.82, 2.24) is 9.88 Å². The third-order valence-corrected chi connectivity index (χ3v) is 3.13. The van der Waals surface area contributed by atoms with E-state index < -0.39 is 5.60 Å². The number of aryl methyl sites for hydroxylation is 1. The fourth-order valence-corrected chi connectivity index (χ4v) is 2.15. The van der Waals surface area contributed by atoms with Gasteiger partial charge in [-0.05, 0) is 39.8 Å². The highest BCUT2D eigenvalue weighted by atomic mass is 16.6. The molecule has 1 aliphatic rings. The van der Waals surface area contributed by atoms with Crippen LogP contribution in [0.4, 0.5) is 10.6 Å². The van der Waals surface area contributed by atoms with Gasteiger partial charge in [0.2, 0.25) is 0 Å². The fraction of sp³-hybridized carbons (Fsp3) is 0.600. The number of piperazine rings is 1. The highest BCUT2D eigenvalue weighted by Crippen LogP contribution is 2.16. The first-order valence-corrected chi connectivity index (χ1v) is 7.02. The first kappa shape index (κ1) is 14.6. The molecule has 1 aromatic rings. The van der Waals surface area contributed by atoms with Crippen LogP contribution in [0.15, 0.2) is 18.2 Å².